The molecule has 1 aromatic heterocycles. The number of hydrogen-bond acceptors (Lipinski definition) is 5. The van der Waals surface area contributed by atoms with E-state index in [9.17, 15) is 19.8 Å². The van der Waals surface area contributed by atoms with Crippen LogP contribution < -0.4 is 0 Å². The lowest BCUT2D eigenvalue weighted by Crippen LogP contribution is -2.20. The normalized spacial score (nSPS) is 11.3. The van der Waals surface area contributed by atoms with Crippen LogP contribution in [0.1, 0.15) is 48.4 Å². The molecular formula is C24H25NO5. The summed E-state index contributed by atoms with van der Waals surface area (Å²) in [6, 6.07) is 15.5. The molecule has 0 saturated heterocycles. The van der Waals surface area contributed by atoms with E-state index in [-0.39, 0.29) is 18.0 Å². The van der Waals surface area contributed by atoms with Gasteiger partial charge in [0.2, 0.25) is 5.88 Å². The zero-order valence-corrected chi connectivity index (χ0v) is 17.5. The molecule has 2 aromatic carbocycles. The van der Waals surface area contributed by atoms with Crippen molar-refractivity contribution in [3.05, 3.63) is 65.7 Å². The molecule has 0 fully saturated rings. The third-order valence-electron chi connectivity index (χ3n) is 4.71. The minimum Gasteiger partial charge on any atom is -0.503 e. The molecule has 0 aliphatic rings. The van der Waals surface area contributed by atoms with Crippen LogP contribution in [0.25, 0.3) is 16.9 Å². The Balaban J connectivity index is 2.25. The number of hydrogen-bond donors (Lipinski definition) is 2. The summed E-state index contributed by atoms with van der Waals surface area (Å²) in [7, 11) is 0. The topological polar surface area (TPSA) is 88.8 Å². The van der Waals surface area contributed by atoms with Crippen molar-refractivity contribution < 1.29 is 24.5 Å². The highest BCUT2D eigenvalue weighted by molar-refractivity contribution is 6.08. The van der Waals surface area contributed by atoms with Crippen molar-refractivity contribution in [1.29, 1.82) is 0 Å². The quantitative estimate of drug-likeness (QED) is 0.461. The van der Waals surface area contributed by atoms with Crippen molar-refractivity contribution in [3.8, 4) is 28.6 Å². The summed E-state index contributed by atoms with van der Waals surface area (Å²) in [5.74, 6) is -1.65. The van der Waals surface area contributed by atoms with Gasteiger partial charge in [0.15, 0.2) is 11.5 Å². The van der Waals surface area contributed by atoms with Gasteiger partial charge in [-0.2, -0.15) is 0 Å². The number of esters is 1. The Bertz CT molecular complexity index is 1070. The Labute approximate surface area is 175 Å². The van der Waals surface area contributed by atoms with Gasteiger partial charge >= 0.3 is 5.97 Å². The maximum Gasteiger partial charge on any atom is 0.338 e. The van der Waals surface area contributed by atoms with Crippen molar-refractivity contribution in [2.75, 3.05) is 6.61 Å². The van der Waals surface area contributed by atoms with Crippen LogP contribution in [0.4, 0.5) is 0 Å². The fourth-order valence-electron chi connectivity index (χ4n) is 3.22. The average molecular weight is 407 g/mol. The molecule has 0 aliphatic carbocycles. The first-order chi connectivity index (χ1) is 14.2. The van der Waals surface area contributed by atoms with E-state index in [2.05, 4.69) is 0 Å². The molecule has 2 N–H and O–H groups in total. The Morgan fingerprint density at radius 2 is 1.57 bits per heavy atom. The molecule has 0 amide bonds. The number of carbonyl (C=O) groups is 2. The first-order valence-electron chi connectivity index (χ1n) is 9.71. The molecule has 156 valence electrons. The molecular weight excluding hydrogens is 382 g/mol. The average Bonchev–Trinajstić information content (AvgIpc) is 2.98. The standard InChI is InChI=1S/C24H25NO5/c1-5-30-23(29)16-11-13-17(14-12-16)25-19(15-9-7-6-8-10-15)18(20(26)22(25)28)21(27)24(2,3)4/h6-14,26,28H,5H2,1-4H3. The molecule has 0 atom stereocenters. The molecule has 0 bridgehead atoms. The number of aromatic nitrogens is 1. The van der Waals surface area contributed by atoms with E-state index in [4.69, 9.17) is 4.74 Å². The van der Waals surface area contributed by atoms with E-state index < -0.39 is 23.0 Å². The summed E-state index contributed by atoms with van der Waals surface area (Å²) in [6.45, 7) is 7.26. The zero-order valence-electron chi connectivity index (χ0n) is 17.5. The first kappa shape index (κ1) is 21.2. The molecule has 0 aliphatic heterocycles. The fourth-order valence-corrected chi connectivity index (χ4v) is 3.22. The summed E-state index contributed by atoms with van der Waals surface area (Å²) in [5.41, 5.74) is 1.18. The van der Waals surface area contributed by atoms with E-state index in [1.54, 1.807) is 64.1 Å². The Morgan fingerprint density at radius 3 is 2.10 bits per heavy atom. The highest BCUT2D eigenvalue weighted by atomic mass is 16.5. The van der Waals surface area contributed by atoms with Gasteiger partial charge in [-0.1, -0.05) is 51.1 Å². The summed E-state index contributed by atoms with van der Waals surface area (Å²) >= 11 is 0. The van der Waals surface area contributed by atoms with Crippen molar-refractivity contribution in [2.24, 2.45) is 5.41 Å². The van der Waals surface area contributed by atoms with Crippen LogP contribution in [0.15, 0.2) is 54.6 Å². The molecule has 1 heterocycles. The first-order valence-corrected chi connectivity index (χ1v) is 9.71. The Kier molecular flexibility index (Phi) is 5.69. The minimum absolute atomic E-state index is 0.0562. The number of carbonyl (C=O) groups excluding carboxylic acids is 2. The predicted molar refractivity (Wildman–Crippen MR) is 114 cm³/mol. The number of ketones is 1. The van der Waals surface area contributed by atoms with Crippen LogP contribution in [-0.4, -0.2) is 33.1 Å². The number of Topliss-reactive ketones (excluding diaryl/α,β-unsaturated/α-hetero) is 1. The lowest BCUT2D eigenvalue weighted by atomic mass is 9.85. The van der Waals surface area contributed by atoms with Crippen molar-refractivity contribution >= 4 is 11.8 Å². The van der Waals surface area contributed by atoms with E-state index in [0.717, 1.165) is 0 Å². The number of rotatable bonds is 5. The van der Waals surface area contributed by atoms with Gasteiger partial charge in [0.05, 0.1) is 23.4 Å². The SMILES string of the molecule is CCOC(=O)c1ccc(-n2c(O)c(O)c(C(=O)C(C)(C)C)c2-c2ccccc2)cc1. The van der Waals surface area contributed by atoms with Gasteiger partial charge in [0.25, 0.3) is 0 Å². The number of nitrogens with zero attached hydrogens (tertiary/aromatic N) is 1. The molecule has 6 heteroatoms. The smallest absolute Gasteiger partial charge is 0.338 e. The van der Waals surface area contributed by atoms with Crippen LogP contribution in [0.2, 0.25) is 0 Å². The molecule has 0 saturated carbocycles. The van der Waals surface area contributed by atoms with Gasteiger partial charge in [-0.15, -0.1) is 0 Å². The highest BCUT2D eigenvalue weighted by Crippen LogP contribution is 2.45. The van der Waals surface area contributed by atoms with Gasteiger partial charge in [-0.05, 0) is 36.8 Å². The van der Waals surface area contributed by atoms with Crippen LogP contribution >= 0.6 is 0 Å². The van der Waals surface area contributed by atoms with Crippen LogP contribution in [0, 0.1) is 5.41 Å². The third-order valence-corrected chi connectivity index (χ3v) is 4.71. The Morgan fingerprint density at radius 1 is 0.967 bits per heavy atom. The van der Waals surface area contributed by atoms with E-state index in [1.807, 2.05) is 18.2 Å². The van der Waals surface area contributed by atoms with Crippen LogP contribution in [0.5, 0.6) is 11.6 Å². The summed E-state index contributed by atoms with van der Waals surface area (Å²) in [5, 5.41) is 21.5. The minimum atomic E-state index is -0.770. The van der Waals surface area contributed by atoms with Gasteiger partial charge < -0.3 is 14.9 Å². The van der Waals surface area contributed by atoms with Crippen molar-refractivity contribution in [1.82, 2.24) is 4.57 Å². The summed E-state index contributed by atoms with van der Waals surface area (Å²) in [4.78, 5) is 25.1. The number of benzene rings is 2. The van der Waals surface area contributed by atoms with Crippen LogP contribution in [-0.2, 0) is 4.74 Å². The zero-order chi connectivity index (χ0) is 22.1. The monoisotopic (exact) mass is 407 g/mol. The molecule has 0 unspecified atom stereocenters. The summed E-state index contributed by atoms with van der Waals surface area (Å²) < 4.78 is 6.42. The van der Waals surface area contributed by atoms with E-state index in [0.29, 0.717) is 22.5 Å². The molecule has 3 rings (SSSR count). The molecule has 30 heavy (non-hydrogen) atoms. The van der Waals surface area contributed by atoms with E-state index in [1.165, 1.54) is 4.57 Å². The predicted octanol–water partition coefficient (Wildman–Crippen LogP) is 4.96. The Hall–Kier alpha value is -3.54. The second-order valence-corrected chi connectivity index (χ2v) is 7.94. The molecule has 0 spiro atoms. The fraction of sp³-hybridized carbons (Fsp3) is 0.250. The van der Waals surface area contributed by atoms with Crippen LogP contribution in [0.3, 0.4) is 0 Å². The van der Waals surface area contributed by atoms with Gasteiger partial charge in [-0.3, -0.25) is 9.36 Å². The van der Waals surface area contributed by atoms with E-state index >= 15 is 0 Å². The number of ether oxygens (including phenoxy) is 1. The maximum absolute atomic E-state index is 13.1. The number of aromatic hydroxyl groups is 2. The van der Waals surface area contributed by atoms with Crippen molar-refractivity contribution in [2.45, 2.75) is 27.7 Å². The molecule has 6 nitrogen and oxygen atoms in total. The highest BCUT2D eigenvalue weighted by Gasteiger charge is 2.34. The lowest BCUT2D eigenvalue weighted by Gasteiger charge is -2.18. The van der Waals surface area contributed by atoms with Crippen molar-refractivity contribution in [3.63, 3.8) is 0 Å². The second-order valence-electron chi connectivity index (χ2n) is 7.94. The van der Waals surface area contributed by atoms with Gasteiger partial charge in [0.1, 0.15) is 0 Å². The largest absolute Gasteiger partial charge is 0.503 e. The van der Waals surface area contributed by atoms with Gasteiger partial charge in [-0.25, -0.2) is 4.79 Å². The third kappa shape index (κ3) is 3.81. The summed E-state index contributed by atoms with van der Waals surface area (Å²) in [6.07, 6.45) is 0. The maximum atomic E-state index is 13.1. The second kappa shape index (κ2) is 8.06. The van der Waals surface area contributed by atoms with Gasteiger partial charge in [0, 0.05) is 11.1 Å². The molecule has 3 aromatic rings. The lowest BCUT2D eigenvalue weighted by molar-refractivity contribution is 0.0526. The molecule has 0 radical (unpaired) electrons.